The lowest BCUT2D eigenvalue weighted by Gasteiger charge is -2.19. The van der Waals surface area contributed by atoms with E-state index in [9.17, 15) is 0 Å². The van der Waals surface area contributed by atoms with E-state index in [1.54, 1.807) is 0 Å². The molecule has 0 aliphatic heterocycles. The Morgan fingerprint density at radius 3 is 1.64 bits per heavy atom. The highest BCUT2D eigenvalue weighted by Crippen LogP contribution is 2.48. The Hall–Kier alpha value is -2.16. The Morgan fingerprint density at radius 2 is 1.00 bits per heavy atom. The van der Waals surface area contributed by atoms with Crippen molar-refractivity contribution >= 4 is 34.3 Å². The summed E-state index contributed by atoms with van der Waals surface area (Å²) in [5.74, 6) is 0. The van der Waals surface area contributed by atoms with Crippen molar-refractivity contribution in [2.45, 2.75) is 14.4 Å². The first-order valence-corrected chi connectivity index (χ1v) is 10.1. The molecule has 0 aliphatic carbocycles. The summed E-state index contributed by atoms with van der Waals surface area (Å²) in [5, 5.41) is 2.63. The maximum atomic E-state index is 2.26. The summed E-state index contributed by atoms with van der Waals surface area (Å²) in [6.07, 6.45) is 0. The van der Waals surface area contributed by atoms with Crippen molar-refractivity contribution in [2.75, 3.05) is 0 Å². The van der Waals surface area contributed by atoms with Gasteiger partial charge in [-0.1, -0.05) is 78.9 Å². The van der Waals surface area contributed by atoms with E-state index in [-0.39, 0.29) is 0 Å². The van der Waals surface area contributed by atoms with Crippen LogP contribution in [0.2, 0.25) is 0 Å². The average Bonchev–Trinajstić information content (AvgIpc) is 2.69. The van der Waals surface area contributed by atoms with Crippen molar-refractivity contribution in [3.05, 3.63) is 109 Å². The van der Waals surface area contributed by atoms with Crippen LogP contribution in [0, 0.1) is 0 Å². The highest BCUT2D eigenvalue weighted by molar-refractivity contribution is 8.16. The smallest absolute Gasteiger partial charge is 0.0851 e. The standard InChI is InChI=1S/C23H18S2/c1-3-12-19(13-4-1)24-23(25-20-14-5-2-6-15-20)22-17-9-11-18-10-7-8-16-21(18)22/h1-17,23H. The van der Waals surface area contributed by atoms with Crippen LogP contribution in [-0.4, -0.2) is 0 Å². The highest BCUT2D eigenvalue weighted by Gasteiger charge is 2.17. The lowest BCUT2D eigenvalue weighted by atomic mass is 10.1. The minimum Gasteiger partial charge on any atom is -0.106 e. The predicted octanol–water partition coefficient (Wildman–Crippen LogP) is 7.42. The van der Waals surface area contributed by atoms with Crippen LogP contribution < -0.4 is 0 Å². The second kappa shape index (κ2) is 7.81. The molecule has 0 bridgehead atoms. The number of hydrogen-bond donors (Lipinski definition) is 0. The quantitative estimate of drug-likeness (QED) is 0.269. The van der Waals surface area contributed by atoms with Crippen molar-refractivity contribution in [3.63, 3.8) is 0 Å². The van der Waals surface area contributed by atoms with Crippen LogP contribution in [0.15, 0.2) is 113 Å². The molecule has 2 heteroatoms. The molecule has 0 amide bonds. The molecule has 122 valence electrons. The second-order valence-corrected chi connectivity index (χ2v) is 8.42. The van der Waals surface area contributed by atoms with Gasteiger partial charge in [-0.15, -0.1) is 23.5 Å². The molecule has 4 aromatic carbocycles. The molecule has 0 N–H and O–H groups in total. The highest BCUT2D eigenvalue weighted by atomic mass is 32.2. The zero-order chi connectivity index (χ0) is 16.9. The van der Waals surface area contributed by atoms with Gasteiger partial charge in [0.1, 0.15) is 0 Å². The first-order valence-electron chi connectivity index (χ1n) is 8.31. The van der Waals surface area contributed by atoms with Gasteiger partial charge < -0.3 is 0 Å². The van der Waals surface area contributed by atoms with E-state index in [2.05, 4.69) is 103 Å². The van der Waals surface area contributed by atoms with E-state index in [0.717, 1.165) is 0 Å². The summed E-state index contributed by atoms with van der Waals surface area (Å²) >= 11 is 3.83. The Balaban J connectivity index is 1.76. The molecule has 4 rings (SSSR count). The van der Waals surface area contributed by atoms with Crippen LogP contribution in [0.3, 0.4) is 0 Å². The first-order chi connectivity index (χ1) is 12.4. The summed E-state index contributed by atoms with van der Waals surface area (Å²) in [5.41, 5.74) is 1.38. The van der Waals surface area contributed by atoms with Crippen LogP contribution in [-0.2, 0) is 0 Å². The Kier molecular flexibility index (Phi) is 5.10. The third-order valence-corrected chi connectivity index (χ3v) is 6.65. The third-order valence-electron chi connectivity index (χ3n) is 4.05. The Labute approximate surface area is 157 Å². The van der Waals surface area contributed by atoms with E-state index < -0.39 is 0 Å². The molecule has 0 nitrogen and oxygen atoms in total. The van der Waals surface area contributed by atoms with Crippen LogP contribution in [0.25, 0.3) is 10.8 Å². The monoisotopic (exact) mass is 358 g/mol. The van der Waals surface area contributed by atoms with Gasteiger partial charge in [0.25, 0.3) is 0 Å². The summed E-state index contributed by atoms with van der Waals surface area (Å²) < 4.78 is 0.302. The van der Waals surface area contributed by atoms with Crippen molar-refractivity contribution in [1.82, 2.24) is 0 Å². The van der Waals surface area contributed by atoms with Gasteiger partial charge in [0.05, 0.1) is 4.58 Å². The van der Waals surface area contributed by atoms with E-state index in [4.69, 9.17) is 0 Å². The molecule has 0 heterocycles. The summed E-state index contributed by atoms with van der Waals surface area (Å²) in [6.45, 7) is 0. The van der Waals surface area contributed by atoms with Crippen molar-refractivity contribution in [3.8, 4) is 0 Å². The predicted molar refractivity (Wildman–Crippen MR) is 111 cm³/mol. The van der Waals surface area contributed by atoms with E-state index in [0.29, 0.717) is 4.58 Å². The Bertz CT molecular complexity index is 902. The number of hydrogen-bond acceptors (Lipinski definition) is 2. The molecule has 0 aliphatic rings. The van der Waals surface area contributed by atoms with Gasteiger partial charge in [-0.25, -0.2) is 0 Å². The van der Waals surface area contributed by atoms with E-state index in [1.165, 1.54) is 26.1 Å². The number of rotatable bonds is 5. The maximum Gasteiger partial charge on any atom is 0.0851 e. The lowest BCUT2D eigenvalue weighted by Crippen LogP contribution is -1.92. The Morgan fingerprint density at radius 1 is 0.480 bits per heavy atom. The molecule has 0 spiro atoms. The van der Waals surface area contributed by atoms with Gasteiger partial charge in [-0.05, 0) is 40.6 Å². The number of benzene rings is 4. The molecule has 0 fully saturated rings. The molecule has 0 saturated heterocycles. The van der Waals surface area contributed by atoms with Gasteiger partial charge in [0, 0.05) is 9.79 Å². The summed E-state index contributed by atoms with van der Waals surface area (Å²) in [7, 11) is 0. The van der Waals surface area contributed by atoms with Crippen molar-refractivity contribution in [2.24, 2.45) is 0 Å². The zero-order valence-corrected chi connectivity index (χ0v) is 15.3. The zero-order valence-electron chi connectivity index (χ0n) is 13.7. The molecule has 0 atom stereocenters. The largest absolute Gasteiger partial charge is 0.106 e. The van der Waals surface area contributed by atoms with Gasteiger partial charge >= 0.3 is 0 Å². The molecule has 25 heavy (non-hydrogen) atoms. The van der Waals surface area contributed by atoms with E-state index >= 15 is 0 Å². The van der Waals surface area contributed by atoms with Crippen LogP contribution in [0.1, 0.15) is 10.1 Å². The molecule has 0 saturated carbocycles. The fourth-order valence-electron chi connectivity index (χ4n) is 2.85. The minimum absolute atomic E-state index is 0.302. The molecule has 0 radical (unpaired) electrons. The van der Waals surface area contributed by atoms with Gasteiger partial charge in [-0.2, -0.15) is 0 Å². The average molecular weight is 359 g/mol. The van der Waals surface area contributed by atoms with Gasteiger partial charge in [-0.3, -0.25) is 0 Å². The lowest BCUT2D eigenvalue weighted by molar-refractivity contribution is 1.36. The second-order valence-electron chi connectivity index (χ2n) is 5.76. The summed E-state index contributed by atoms with van der Waals surface area (Å²) in [4.78, 5) is 2.59. The number of thioether (sulfide) groups is 2. The van der Waals surface area contributed by atoms with Crippen molar-refractivity contribution < 1.29 is 0 Å². The topological polar surface area (TPSA) is 0 Å². The van der Waals surface area contributed by atoms with Crippen LogP contribution >= 0.6 is 23.5 Å². The molecule has 0 aromatic heterocycles. The van der Waals surface area contributed by atoms with Crippen LogP contribution in [0.4, 0.5) is 0 Å². The minimum atomic E-state index is 0.302. The molecule has 0 unspecified atom stereocenters. The molecular weight excluding hydrogens is 340 g/mol. The van der Waals surface area contributed by atoms with Gasteiger partial charge in [0.2, 0.25) is 0 Å². The van der Waals surface area contributed by atoms with Crippen LogP contribution in [0.5, 0.6) is 0 Å². The SMILES string of the molecule is c1ccc(SC(Sc2ccccc2)c2cccc3ccccc23)cc1. The third kappa shape index (κ3) is 3.92. The normalized spacial score (nSPS) is 11.1. The first kappa shape index (κ1) is 16.3. The van der Waals surface area contributed by atoms with Crippen molar-refractivity contribution in [1.29, 1.82) is 0 Å². The molecular formula is C23H18S2. The summed E-state index contributed by atoms with van der Waals surface area (Å²) in [6, 6.07) is 36.6. The fourth-order valence-corrected chi connectivity index (χ4v) is 5.50. The number of fused-ring (bicyclic) bond motifs is 1. The van der Waals surface area contributed by atoms with E-state index in [1.807, 2.05) is 23.5 Å². The fraction of sp³-hybridized carbons (Fsp3) is 0.0435. The molecule has 4 aromatic rings. The maximum absolute atomic E-state index is 2.26. The van der Waals surface area contributed by atoms with Gasteiger partial charge in [0.15, 0.2) is 0 Å².